The first-order valence-electron chi connectivity index (χ1n) is 10.1. The molecular formula is C22H30FN5O3. The van der Waals surface area contributed by atoms with E-state index < -0.39 is 11.7 Å². The van der Waals surface area contributed by atoms with Gasteiger partial charge in [0.1, 0.15) is 17.2 Å². The molecule has 0 atom stereocenters. The molecule has 31 heavy (non-hydrogen) atoms. The van der Waals surface area contributed by atoms with Gasteiger partial charge in [-0.15, -0.1) is 0 Å². The van der Waals surface area contributed by atoms with Crippen LogP contribution in [-0.2, 0) is 11.3 Å². The zero-order chi connectivity index (χ0) is 22.7. The van der Waals surface area contributed by atoms with Crippen molar-refractivity contribution in [2.45, 2.75) is 39.8 Å². The summed E-state index contributed by atoms with van der Waals surface area (Å²) in [4.78, 5) is 20.5. The number of nitrogens with zero attached hydrogens (tertiary/aromatic N) is 2. The number of amides is 1. The Bertz CT molecular complexity index is 883. The average Bonchev–Trinajstić information content (AvgIpc) is 2.69. The minimum absolute atomic E-state index is 0.299. The van der Waals surface area contributed by atoms with Gasteiger partial charge in [0.25, 0.3) is 0 Å². The summed E-state index contributed by atoms with van der Waals surface area (Å²) in [6, 6.07) is 9.51. The third-order valence-electron chi connectivity index (χ3n) is 3.70. The number of nitrogens with one attached hydrogen (secondary N) is 3. The number of aliphatic imine (C=N–C) groups is 1. The Morgan fingerprint density at radius 1 is 1.13 bits per heavy atom. The average molecular weight is 432 g/mol. The minimum atomic E-state index is -0.539. The molecule has 1 aromatic heterocycles. The number of guanidine groups is 1. The number of hydrogen-bond acceptors (Lipinski definition) is 5. The predicted molar refractivity (Wildman–Crippen MR) is 118 cm³/mol. The van der Waals surface area contributed by atoms with Crippen molar-refractivity contribution in [3.05, 3.63) is 54.0 Å². The number of halogens is 1. The Morgan fingerprint density at radius 2 is 1.90 bits per heavy atom. The fourth-order valence-electron chi connectivity index (χ4n) is 2.44. The molecule has 0 aliphatic rings. The standard InChI is InChI=1S/C22H30FN5O3/c1-5-24-20(26-12-13-27-21(29)31-22(2,3)4)28-15-16-8-7-11-25-19(16)30-18-10-6-9-17(23)14-18/h6-11,14H,5,12-13,15H2,1-4H3,(H,27,29)(H2,24,26,28). The Hall–Kier alpha value is -3.36. The van der Waals surface area contributed by atoms with Gasteiger partial charge in [0, 0.05) is 37.5 Å². The smallest absolute Gasteiger partial charge is 0.407 e. The van der Waals surface area contributed by atoms with Crippen molar-refractivity contribution in [1.29, 1.82) is 0 Å². The molecule has 0 radical (unpaired) electrons. The number of ether oxygens (including phenoxy) is 2. The Labute approximate surface area is 182 Å². The topological polar surface area (TPSA) is 96.9 Å². The van der Waals surface area contributed by atoms with Gasteiger partial charge in [-0.2, -0.15) is 0 Å². The van der Waals surface area contributed by atoms with Crippen LogP contribution in [0.5, 0.6) is 11.6 Å². The highest BCUT2D eigenvalue weighted by molar-refractivity contribution is 5.79. The van der Waals surface area contributed by atoms with Gasteiger partial charge in [0.05, 0.1) is 6.54 Å². The fourth-order valence-corrected chi connectivity index (χ4v) is 2.44. The van der Waals surface area contributed by atoms with E-state index in [1.807, 2.05) is 33.8 Å². The summed E-state index contributed by atoms with van der Waals surface area (Å²) in [6.45, 7) is 9.20. The molecule has 1 heterocycles. The Balaban J connectivity index is 1.93. The van der Waals surface area contributed by atoms with E-state index in [4.69, 9.17) is 9.47 Å². The third kappa shape index (κ3) is 9.33. The molecule has 8 nitrogen and oxygen atoms in total. The zero-order valence-corrected chi connectivity index (χ0v) is 18.4. The second-order valence-corrected chi connectivity index (χ2v) is 7.58. The highest BCUT2D eigenvalue weighted by Crippen LogP contribution is 2.23. The SMILES string of the molecule is CCNC(=NCc1cccnc1Oc1cccc(F)c1)NCCNC(=O)OC(C)(C)C. The fraction of sp³-hybridized carbons (Fsp3) is 0.409. The molecule has 0 aliphatic carbocycles. The molecule has 0 unspecified atom stereocenters. The maximum Gasteiger partial charge on any atom is 0.407 e. The normalized spacial score (nSPS) is 11.6. The van der Waals surface area contributed by atoms with Crippen molar-refractivity contribution in [1.82, 2.24) is 20.9 Å². The highest BCUT2D eigenvalue weighted by atomic mass is 19.1. The molecule has 3 N–H and O–H groups in total. The second-order valence-electron chi connectivity index (χ2n) is 7.58. The van der Waals surface area contributed by atoms with Crippen molar-refractivity contribution in [2.75, 3.05) is 19.6 Å². The van der Waals surface area contributed by atoms with Gasteiger partial charge >= 0.3 is 6.09 Å². The van der Waals surface area contributed by atoms with E-state index in [1.54, 1.807) is 24.4 Å². The van der Waals surface area contributed by atoms with Crippen LogP contribution in [0.3, 0.4) is 0 Å². The summed E-state index contributed by atoms with van der Waals surface area (Å²) < 4.78 is 24.3. The highest BCUT2D eigenvalue weighted by Gasteiger charge is 2.15. The Morgan fingerprint density at radius 3 is 2.61 bits per heavy atom. The van der Waals surface area contributed by atoms with Crippen LogP contribution in [0.15, 0.2) is 47.6 Å². The summed E-state index contributed by atoms with van der Waals surface area (Å²) in [6.07, 6.45) is 1.14. The van der Waals surface area contributed by atoms with Crippen LogP contribution >= 0.6 is 0 Å². The lowest BCUT2D eigenvalue weighted by Crippen LogP contribution is -2.42. The number of pyridine rings is 1. The van der Waals surface area contributed by atoms with E-state index in [0.29, 0.717) is 43.8 Å². The first-order valence-corrected chi connectivity index (χ1v) is 10.1. The van der Waals surface area contributed by atoms with E-state index in [2.05, 4.69) is 25.9 Å². The van der Waals surface area contributed by atoms with Gasteiger partial charge in [-0.25, -0.2) is 19.2 Å². The van der Waals surface area contributed by atoms with Crippen molar-refractivity contribution in [3.8, 4) is 11.6 Å². The summed E-state index contributed by atoms with van der Waals surface area (Å²) in [5, 5.41) is 8.97. The quantitative estimate of drug-likeness (QED) is 0.336. The zero-order valence-electron chi connectivity index (χ0n) is 18.4. The largest absolute Gasteiger partial charge is 0.444 e. The van der Waals surface area contributed by atoms with Crippen molar-refractivity contribution < 1.29 is 18.7 Å². The van der Waals surface area contributed by atoms with Crippen LogP contribution in [-0.4, -0.2) is 42.3 Å². The van der Waals surface area contributed by atoms with Gasteiger partial charge in [0.15, 0.2) is 5.96 Å². The van der Waals surface area contributed by atoms with E-state index >= 15 is 0 Å². The monoisotopic (exact) mass is 431 g/mol. The number of hydrogen-bond donors (Lipinski definition) is 3. The molecule has 0 bridgehead atoms. The summed E-state index contributed by atoms with van der Waals surface area (Å²) >= 11 is 0. The Kier molecular flexibility index (Phi) is 9.05. The van der Waals surface area contributed by atoms with Crippen LogP contribution in [0, 0.1) is 5.82 Å². The predicted octanol–water partition coefficient (Wildman–Crippen LogP) is 3.59. The molecule has 0 saturated carbocycles. The van der Waals surface area contributed by atoms with Crippen LogP contribution in [0.25, 0.3) is 0 Å². The lowest BCUT2D eigenvalue weighted by molar-refractivity contribution is 0.0529. The number of rotatable bonds is 8. The van der Waals surface area contributed by atoms with Gasteiger partial charge in [-0.1, -0.05) is 12.1 Å². The molecule has 0 aliphatic heterocycles. The first-order chi connectivity index (χ1) is 14.8. The number of carbonyl (C=O) groups excluding carboxylic acids is 1. The van der Waals surface area contributed by atoms with E-state index in [0.717, 1.165) is 5.56 Å². The van der Waals surface area contributed by atoms with E-state index in [-0.39, 0.29) is 5.82 Å². The molecule has 168 valence electrons. The second kappa shape index (κ2) is 11.7. The van der Waals surface area contributed by atoms with Crippen LogP contribution in [0.1, 0.15) is 33.3 Å². The maximum atomic E-state index is 13.4. The van der Waals surface area contributed by atoms with Crippen LogP contribution in [0.4, 0.5) is 9.18 Å². The van der Waals surface area contributed by atoms with Gasteiger partial charge < -0.3 is 25.4 Å². The molecular weight excluding hydrogens is 401 g/mol. The third-order valence-corrected chi connectivity index (χ3v) is 3.70. The van der Waals surface area contributed by atoms with Gasteiger partial charge in [0.2, 0.25) is 5.88 Å². The molecule has 2 aromatic rings. The molecule has 0 saturated heterocycles. The molecule has 9 heteroatoms. The van der Waals surface area contributed by atoms with Crippen LogP contribution in [0.2, 0.25) is 0 Å². The molecule has 0 spiro atoms. The number of benzene rings is 1. The molecule has 2 rings (SSSR count). The summed E-state index contributed by atoms with van der Waals surface area (Å²) in [5.74, 6) is 0.919. The number of aromatic nitrogens is 1. The number of alkyl carbamates (subject to hydrolysis) is 1. The minimum Gasteiger partial charge on any atom is -0.444 e. The summed E-state index contributed by atoms with van der Waals surface area (Å²) in [5.41, 5.74) is 0.207. The van der Waals surface area contributed by atoms with Gasteiger partial charge in [-0.05, 0) is 45.9 Å². The van der Waals surface area contributed by atoms with Crippen molar-refractivity contribution >= 4 is 12.1 Å². The van der Waals surface area contributed by atoms with Crippen LogP contribution < -0.4 is 20.7 Å². The number of carbonyl (C=O) groups is 1. The lowest BCUT2D eigenvalue weighted by atomic mass is 10.2. The molecule has 1 amide bonds. The first kappa shape index (κ1) is 23.9. The lowest BCUT2D eigenvalue weighted by Gasteiger charge is -2.20. The summed E-state index contributed by atoms with van der Waals surface area (Å²) in [7, 11) is 0. The van der Waals surface area contributed by atoms with Crippen molar-refractivity contribution in [2.24, 2.45) is 4.99 Å². The van der Waals surface area contributed by atoms with Crippen molar-refractivity contribution in [3.63, 3.8) is 0 Å². The van der Waals surface area contributed by atoms with Gasteiger partial charge in [-0.3, -0.25) is 0 Å². The molecule has 0 fully saturated rings. The maximum absolute atomic E-state index is 13.4. The van der Waals surface area contributed by atoms with E-state index in [9.17, 15) is 9.18 Å². The molecule has 1 aromatic carbocycles. The van der Waals surface area contributed by atoms with E-state index in [1.165, 1.54) is 12.1 Å².